The number of anilines is 1. The summed E-state index contributed by atoms with van der Waals surface area (Å²) in [6, 6.07) is 11.5. The van der Waals surface area contributed by atoms with Crippen molar-refractivity contribution < 1.29 is 12.8 Å². The lowest BCUT2D eigenvalue weighted by Gasteiger charge is -2.21. The fraction of sp³-hybridized carbons (Fsp3) is 0.0714. The molecule has 2 aromatic rings. The second-order valence-electron chi connectivity index (χ2n) is 4.31. The number of halogens is 1. The van der Waals surface area contributed by atoms with Gasteiger partial charge in [-0.2, -0.15) is 0 Å². The van der Waals surface area contributed by atoms with Crippen molar-refractivity contribution in [2.45, 2.75) is 4.90 Å². The molecule has 0 saturated carbocycles. The van der Waals surface area contributed by atoms with Crippen LogP contribution in [0.5, 0.6) is 0 Å². The van der Waals surface area contributed by atoms with Crippen molar-refractivity contribution >= 4 is 32.9 Å². The lowest BCUT2D eigenvalue weighted by molar-refractivity contribution is 0.594. The average Bonchev–Trinajstić information content (AvgIpc) is 2.46. The van der Waals surface area contributed by atoms with Gasteiger partial charge in [0.05, 0.1) is 10.6 Å². The second kappa shape index (κ2) is 5.79. The second-order valence-corrected chi connectivity index (χ2v) is 6.69. The number of benzene rings is 2. The Morgan fingerprint density at radius 2 is 1.86 bits per heavy atom. The minimum Gasteiger partial charge on any atom is -0.389 e. The zero-order valence-electron chi connectivity index (χ0n) is 11.2. The Morgan fingerprint density at radius 3 is 2.48 bits per heavy atom. The van der Waals surface area contributed by atoms with E-state index < -0.39 is 15.8 Å². The summed E-state index contributed by atoms with van der Waals surface area (Å²) in [5, 5.41) is 0. The molecule has 0 atom stereocenters. The van der Waals surface area contributed by atoms with Crippen LogP contribution < -0.4 is 10.0 Å². The Bertz CT molecular complexity index is 791. The van der Waals surface area contributed by atoms with Crippen LogP contribution in [0, 0.1) is 5.82 Å². The molecule has 0 amide bonds. The number of rotatable bonds is 4. The van der Waals surface area contributed by atoms with Gasteiger partial charge in [0.25, 0.3) is 10.0 Å². The first kappa shape index (κ1) is 15.4. The number of nitrogens with two attached hydrogens (primary N) is 1. The van der Waals surface area contributed by atoms with Crippen molar-refractivity contribution in [1.29, 1.82) is 0 Å². The first-order valence-corrected chi connectivity index (χ1v) is 7.82. The van der Waals surface area contributed by atoms with Gasteiger partial charge in [0.1, 0.15) is 10.8 Å². The topological polar surface area (TPSA) is 63.4 Å². The molecule has 2 aromatic carbocycles. The van der Waals surface area contributed by atoms with Crippen LogP contribution in [0.25, 0.3) is 0 Å². The lowest BCUT2D eigenvalue weighted by Crippen LogP contribution is -2.29. The van der Waals surface area contributed by atoms with Crippen molar-refractivity contribution in [3.05, 3.63) is 59.9 Å². The van der Waals surface area contributed by atoms with Gasteiger partial charge in [-0.15, -0.1) is 0 Å². The minimum atomic E-state index is -3.89. The molecule has 0 aliphatic carbocycles. The van der Waals surface area contributed by atoms with Gasteiger partial charge in [-0.25, -0.2) is 12.8 Å². The Morgan fingerprint density at radius 1 is 1.19 bits per heavy atom. The van der Waals surface area contributed by atoms with Gasteiger partial charge in [-0.05, 0) is 24.3 Å². The van der Waals surface area contributed by atoms with E-state index in [1.54, 1.807) is 12.1 Å². The summed E-state index contributed by atoms with van der Waals surface area (Å²) in [4.78, 5) is -0.0221. The number of hydrogen-bond acceptors (Lipinski definition) is 3. The minimum absolute atomic E-state index is 0.00994. The average molecular weight is 324 g/mol. The van der Waals surface area contributed by atoms with Crippen LogP contribution in [0.1, 0.15) is 5.56 Å². The van der Waals surface area contributed by atoms with E-state index in [4.69, 9.17) is 18.0 Å². The Kier molecular flexibility index (Phi) is 4.24. The maximum absolute atomic E-state index is 13.3. The molecule has 0 aliphatic heterocycles. The number of thiocarbonyl (C=S) groups is 1. The van der Waals surface area contributed by atoms with Gasteiger partial charge < -0.3 is 5.73 Å². The highest BCUT2D eigenvalue weighted by molar-refractivity contribution is 7.93. The molecule has 0 bridgehead atoms. The molecule has 21 heavy (non-hydrogen) atoms. The maximum atomic E-state index is 13.3. The van der Waals surface area contributed by atoms with Crippen molar-refractivity contribution in [3.63, 3.8) is 0 Å². The van der Waals surface area contributed by atoms with Crippen molar-refractivity contribution in [2.75, 3.05) is 11.4 Å². The van der Waals surface area contributed by atoms with Crippen molar-refractivity contribution in [2.24, 2.45) is 5.73 Å². The summed E-state index contributed by atoms with van der Waals surface area (Å²) in [6.07, 6.45) is 0. The zero-order valence-corrected chi connectivity index (χ0v) is 12.8. The molecule has 7 heteroatoms. The van der Waals surface area contributed by atoms with Crippen LogP contribution in [0.4, 0.5) is 10.1 Å². The van der Waals surface area contributed by atoms with Crippen LogP contribution in [-0.2, 0) is 10.0 Å². The molecule has 0 aromatic heterocycles. The molecule has 2 rings (SSSR count). The molecule has 0 spiro atoms. The Labute approximate surface area is 128 Å². The highest BCUT2D eigenvalue weighted by Gasteiger charge is 2.25. The standard InChI is InChI=1S/C14H13FN2O2S2/c1-17(11-6-4-5-10(15)9-11)21(18,19)13-8-3-2-7-12(13)14(16)20/h2-9H,1H3,(H2,16,20). The maximum Gasteiger partial charge on any atom is 0.264 e. The van der Waals surface area contributed by atoms with Gasteiger partial charge in [-0.3, -0.25) is 4.31 Å². The van der Waals surface area contributed by atoms with E-state index in [0.29, 0.717) is 0 Å². The van der Waals surface area contributed by atoms with E-state index in [0.717, 1.165) is 10.4 Å². The molecule has 2 N–H and O–H groups in total. The Hall–Kier alpha value is -1.99. The van der Waals surface area contributed by atoms with E-state index in [1.165, 1.54) is 37.4 Å². The SMILES string of the molecule is CN(c1cccc(F)c1)S(=O)(=O)c1ccccc1C(N)=S. The Balaban J connectivity index is 2.55. The lowest BCUT2D eigenvalue weighted by atomic mass is 10.2. The van der Waals surface area contributed by atoms with Crippen LogP contribution in [0.3, 0.4) is 0 Å². The summed E-state index contributed by atoms with van der Waals surface area (Å²) < 4.78 is 39.6. The third-order valence-corrected chi connectivity index (χ3v) is 5.03. The molecule has 0 heterocycles. The third-order valence-electron chi connectivity index (χ3n) is 2.96. The first-order valence-electron chi connectivity index (χ1n) is 5.97. The normalized spacial score (nSPS) is 11.1. The van der Waals surface area contributed by atoms with Crippen LogP contribution in [0.2, 0.25) is 0 Å². The van der Waals surface area contributed by atoms with E-state index in [9.17, 15) is 12.8 Å². The summed E-state index contributed by atoms with van der Waals surface area (Å²) >= 11 is 4.88. The molecule has 0 radical (unpaired) electrons. The van der Waals surface area contributed by atoms with Gasteiger partial charge in [0, 0.05) is 12.6 Å². The van der Waals surface area contributed by atoms with Crippen LogP contribution >= 0.6 is 12.2 Å². The van der Waals surface area contributed by atoms with Gasteiger partial charge >= 0.3 is 0 Å². The van der Waals surface area contributed by atoms with Crippen molar-refractivity contribution in [1.82, 2.24) is 0 Å². The largest absolute Gasteiger partial charge is 0.389 e. The smallest absolute Gasteiger partial charge is 0.264 e. The molecule has 0 saturated heterocycles. The molecule has 4 nitrogen and oxygen atoms in total. The highest BCUT2D eigenvalue weighted by atomic mass is 32.2. The molecular formula is C14H13FN2O2S2. The number of nitrogens with zero attached hydrogens (tertiary/aromatic N) is 1. The molecule has 110 valence electrons. The third kappa shape index (κ3) is 3.03. The van der Waals surface area contributed by atoms with E-state index in [1.807, 2.05) is 0 Å². The molecule has 0 aliphatic rings. The summed E-state index contributed by atoms with van der Waals surface area (Å²) in [7, 11) is -2.54. The monoisotopic (exact) mass is 324 g/mol. The predicted octanol–water partition coefficient (Wildman–Crippen LogP) is 2.29. The highest BCUT2D eigenvalue weighted by Crippen LogP contribution is 2.24. The van der Waals surface area contributed by atoms with E-state index in [2.05, 4.69) is 0 Å². The number of sulfonamides is 1. The predicted molar refractivity (Wildman–Crippen MR) is 84.3 cm³/mol. The first-order chi connectivity index (χ1) is 9.84. The fourth-order valence-electron chi connectivity index (χ4n) is 1.85. The van der Waals surface area contributed by atoms with Gasteiger partial charge in [0.2, 0.25) is 0 Å². The quantitative estimate of drug-likeness (QED) is 0.877. The van der Waals surface area contributed by atoms with Gasteiger partial charge in [0.15, 0.2) is 0 Å². The van der Waals surface area contributed by atoms with Gasteiger partial charge in [-0.1, -0.05) is 36.5 Å². The summed E-state index contributed by atoms with van der Waals surface area (Å²) in [5.74, 6) is -0.516. The molecule has 0 fully saturated rings. The fourth-order valence-corrected chi connectivity index (χ4v) is 3.49. The molecular weight excluding hydrogens is 311 g/mol. The molecule has 0 unspecified atom stereocenters. The zero-order chi connectivity index (χ0) is 15.6. The summed E-state index contributed by atoms with van der Waals surface area (Å²) in [6.45, 7) is 0. The van der Waals surface area contributed by atoms with Crippen LogP contribution in [-0.4, -0.2) is 20.5 Å². The van der Waals surface area contributed by atoms with E-state index >= 15 is 0 Å². The number of hydrogen-bond donors (Lipinski definition) is 1. The summed E-state index contributed by atoms with van der Waals surface area (Å²) in [5.41, 5.74) is 6.04. The van der Waals surface area contributed by atoms with E-state index in [-0.39, 0.29) is 21.1 Å². The van der Waals surface area contributed by atoms with Crippen LogP contribution in [0.15, 0.2) is 53.4 Å². The van der Waals surface area contributed by atoms with Crippen molar-refractivity contribution in [3.8, 4) is 0 Å².